The van der Waals surface area contributed by atoms with Crippen molar-refractivity contribution in [2.75, 3.05) is 6.61 Å². The molecule has 0 unspecified atom stereocenters. The Labute approximate surface area is 83.4 Å². The number of nitrogens with zero attached hydrogens (tertiary/aromatic N) is 1. The van der Waals surface area contributed by atoms with Crippen molar-refractivity contribution in [3.05, 3.63) is 36.2 Å². The van der Waals surface area contributed by atoms with Gasteiger partial charge in [0.15, 0.2) is 0 Å². The lowest BCUT2D eigenvalue weighted by molar-refractivity contribution is -0.137. The van der Waals surface area contributed by atoms with Gasteiger partial charge >= 0.3 is 5.97 Å². The second kappa shape index (κ2) is 5.91. The van der Waals surface area contributed by atoms with Crippen molar-refractivity contribution in [2.24, 2.45) is 0 Å². The molecule has 74 valence electrons. The summed E-state index contributed by atoms with van der Waals surface area (Å²) in [6, 6.07) is 3.69. The van der Waals surface area contributed by atoms with Crippen molar-refractivity contribution in [1.82, 2.24) is 4.98 Å². The van der Waals surface area contributed by atoms with Crippen LogP contribution in [0.2, 0.25) is 0 Å². The highest BCUT2D eigenvalue weighted by Gasteiger charge is 1.94. The van der Waals surface area contributed by atoms with Crippen molar-refractivity contribution in [3.63, 3.8) is 0 Å². The SMILES string of the molecule is CCCOC(=O)C=Cc1cccnc1. The second-order valence-corrected chi connectivity index (χ2v) is 2.79. The highest BCUT2D eigenvalue weighted by Crippen LogP contribution is 1.98. The van der Waals surface area contributed by atoms with E-state index in [1.165, 1.54) is 6.08 Å². The van der Waals surface area contributed by atoms with Gasteiger partial charge in [-0.15, -0.1) is 0 Å². The van der Waals surface area contributed by atoms with Gasteiger partial charge in [0.25, 0.3) is 0 Å². The van der Waals surface area contributed by atoms with Gasteiger partial charge in [-0.3, -0.25) is 4.98 Å². The van der Waals surface area contributed by atoms with E-state index < -0.39 is 0 Å². The normalized spacial score (nSPS) is 10.4. The van der Waals surface area contributed by atoms with E-state index in [4.69, 9.17) is 4.74 Å². The molecule has 3 nitrogen and oxygen atoms in total. The zero-order valence-electron chi connectivity index (χ0n) is 8.14. The summed E-state index contributed by atoms with van der Waals surface area (Å²) in [5.74, 6) is -0.310. The molecule has 1 heterocycles. The molecule has 0 amide bonds. The average molecular weight is 191 g/mol. The molecule has 0 fully saturated rings. The van der Waals surface area contributed by atoms with Gasteiger partial charge in [-0.1, -0.05) is 13.0 Å². The molecule has 0 saturated heterocycles. The fraction of sp³-hybridized carbons (Fsp3) is 0.273. The van der Waals surface area contributed by atoms with E-state index in [0.29, 0.717) is 6.61 Å². The monoisotopic (exact) mass is 191 g/mol. The molecule has 1 aromatic rings. The first-order valence-electron chi connectivity index (χ1n) is 4.58. The van der Waals surface area contributed by atoms with Crippen molar-refractivity contribution >= 4 is 12.0 Å². The van der Waals surface area contributed by atoms with Gasteiger partial charge in [-0.25, -0.2) is 4.79 Å². The summed E-state index contributed by atoms with van der Waals surface area (Å²) in [6.07, 6.45) is 7.31. The molecular weight excluding hydrogens is 178 g/mol. The number of rotatable bonds is 4. The minimum Gasteiger partial charge on any atom is -0.463 e. The molecule has 1 aromatic heterocycles. The first-order chi connectivity index (χ1) is 6.83. The highest BCUT2D eigenvalue weighted by atomic mass is 16.5. The van der Waals surface area contributed by atoms with Gasteiger partial charge in [-0.2, -0.15) is 0 Å². The Morgan fingerprint density at radius 1 is 1.64 bits per heavy atom. The third-order valence-corrected chi connectivity index (χ3v) is 1.54. The third kappa shape index (κ3) is 3.85. The minimum atomic E-state index is -0.310. The zero-order chi connectivity index (χ0) is 10.2. The molecule has 0 bridgehead atoms. The fourth-order valence-electron chi connectivity index (χ4n) is 0.890. The van der Waals surface area contributed by atoms with E-state index in [1.807, 2.05) is 19.1 Å². The Hall–Kier alpha value is -1.64. The van der Waals surface area contributed by atoms with Crippen molar-refractivity contribution in [1.29, 1.82) is 0 Å². The third-order valence-electron chi connectivity index (χ3n) is 1.54. The number of aromatic nitrogens is 1. The number of carbonyl (C=O) groups excluding carboxylic acids is 1. The predicted octanol–water partition coefficient (Wildman–Crippen LogP) is 2.05. The van der Waals surface area contributed by atoms with Crippen molar-refractivity contribution in [3.8, 4) is 0 Å². The number of hydrogen-bond acceptors (Lipinski definition) is 3. The maximum Gasteiger partial charge on any atom is 0.330 e. The number of esters is 1. The Balaban J connectivity index is 2.44. The maximum atomic E-state index is 11.0. The number of carbonyl (C=O) groups is 1. The average Bonchev–Trinajstić information content (AvgIpc) is 2.25. The summed E-state index contributed by atoms with van der Waals surface area (Å²) in [7, 11) is 0. The molecule has 14 heavy (non-hydrogen) atoms. The van der Waals surface area contributed by atoms with Crippen LogP contribution >= 0.6 is 0 Å². The first kappa shape index (κ1) is 10.4. The Morgan fingerprint density at radius 2 is 2.50 bits per heavy atom. The quantitative estimate of drug-likeness (QED) is 0.540. The van der Waals surface area contributed by atoms with Crippen LogP contribution in [0.3, 0.4) is 0 Å². The molecule has 0 aliphatic rings. The summed E-state index contributed by atoms with van der Waals surface area (Å²) in [5, 5.41) is 0. The van der Waals surface area contributed by atoms with E-state index in [-0.39, 0.29) is 5.97 Å². The van der Waals surface area contributed by atoms with Gasteiger partial charge < -0.3 is 4.74 Å². The standard InChI is InChI=1S/C11H13NO2/c1-2-8-14-11(13)6-5-10-4-3-7-12-9-10/h3-7,9H,2,8H2,1H3. The summed E-state index contributed by atoms with van der Waals surface area (Å²) < 4.78 is 4.87. The smallest absolute Gasteiger partial charge is 0.330 e. The van der Waals surface area contributed by atoms with E-state index in [1.54, 1.807) is 18.5 Å². The molecule has 0 N–H and O–H groups in total. The fourth-order valence-corrected chi connectivity index (χ4v) is 0.890. The predicted molar refractivity (Wildman–Crippen MR) is 54.5 cm³/mol. The molecule has 0 aliphatic heterocycles. The Morgan fingerprint density at radius 3 is 3.14 bits per heavy atom. The van der Waals surface area contributed by atoms with Gasteiger partial charge in [0.2, 0.25) is 0 Å². The van der Waals surface area contributed by atoms with Crippen LogP contribution in [0.4, 0.5) is 0 Å². The van der Waals surface area contributed by atoms with Gasteiger partial charge in [0, 0.05) is 18.5 Å². The van der Waals surface area contributed by atoms with Crippen LogP contribution in [0.15, 0.2) is 30.6 Å². The minimum absolute atomic E-state index is 0.310. The van der Waals surface area contributed by atoms with Gasteiger partial charge in [0.05, 0.1) is 6.61 Å². The number of pyridine rings is 1. The lowest BCUT2D eigenvalue weighted by atomic mass is 10.2. The molecule has 0 aromatic carbocycles. The summed E-state index contributed by atoms with van der Waals surface area (Å²) >= 11 is 0. The van der Waals surface area contributed by atoms with Crippen LogP contribution in [0.5, 0.6) is 0 Å². The van der Waals surface area contributed by atoms with E-state index >= 15 is 0 Å². The molecule has 0 atom stereocenters. The zero-order valence-corrected chi connectivity index (χ0v) is 8.14. The highest BCUT2D eigenvalue weighted by molar-refractivity contribution is 5.86. The number of ether oxygens (including phenoxy) is 1. The molecular formula is C11H13NO2. The van der Waals surface area contributed by atoms with Crippen LogP contribution in [0.25, 0.3) is 6.08 Å². The molecule has 3 heteroatoms. The first-order valence-corrected chi connectivity index (χ1v) is 4.58. The van der Waals surface area contributed by atoms with E-state index in [0.717, 1.165) is 12.0 Å². The molecule has 0 radical (unpaired) electrons. The van der Waals surface area contributed by atoms with Crippen LogP contribution < -0.4 is 0 Å². The summed E-state index contributed by atoms with van der Waals surface area (Å²) in [4.78, 5) is 15.0. The lowest BCUT2D eigenvalue weighted by Crippen LogP contribution is -2.00. The van der Waals surface area contributed by atoms with Crippen LogP contribution in [0.1, 0.15) is 18.9 Å². The summed E-state index contributed by atoms with van der Waals surface area (Å²) in [5.41, 5.74) is 0.890. The number of hydrogen-bond donors (Lipinski definition) is 0. The Kier molecular flexibility index (Phi) is 4.41. The lowest BCUT2D eigenvalue weighted by Gasteiger charge is -1.96. The van der Waals surface area contributed by atoms with Crippen molar-refractivity contribution < 1.29 is 9.53 Å². The Bertz CT molecular complexity index is 306. The second-order valence-electron chi connectivity index (χ2n) is 2.79. The topological polar surface area (TPSA) is 39.2 Å². The van der Waals surface area contributed by atoms with Gasteiger partial charge in [-0.05, 0) is 24.1 Å². The largest absolute Gasteiger partial charge is 0.463 e. The van der Waals surface area contributed by atoms with Crippen molar-refractivity contribution in [2.45, 2.75) is 13.3 Å². The maximum absolute atomic E-state index is 11.0. The van der Waals surface area contributed by atoms with Crippen LogP contribution in [0, 0.1) is 0 Å². The molecule has 0 aliphatic carbocycles. The van der Waals surface area contributed by atoms with E-state index in [9.17, 15) is 4.79 Å². The molecule has 1 rings (SSSR count). The van der Waals surface area contributed by atoms with Crippen LogP contribution in [-0.4, -0.2) is 17.6 Å². The van der Waals surface area contributed by atoms with Gasteiger partial charge in [0.1, 0.15) is 0 Å². The summed E-state index contributed by atoms with van der Waals surface area (Å²) in [6.45, 7) is 2.42. The molecule has 0 spiro atoms. The van der Waals surface area contributed by atoms with E-state index in [2.05, 4.69) is 4.98 Å². The molecule has 0 saturated carbocycles. The van der Waals surface area contributed by atoms with Crippen LogP contribution in [-0.2, 0) is 9.53 Å².